The Morgan fingerprint density at radius 1 is 1.14 bits per heavy atom. The van der Waals surface area contributed by atoms with Gasteiger partial charge in [0.25, 0.3) is 0 Å². The second-order valence-electron chi connectivity index (χ2n) is 7.32. The zero-order chi connectivity index (χ0) is 14.4. The Hall–Kier alpha value is -1.42. The Labute approximate surface area is 124 Å². The number of likely N-dealkylation sites (tertiary alicyclic amines) is 1. The van der Waals surface area contributed by atoms with E-state index in [9.17, 15) is 10.2 Å². The molecule has 1 aromatic rings. The summed E-state index contributed by atoms with van der Waals surface area (Å²) < 4.78 is 5.50. The van der Waals surface area contributed by atoms with Gasteiger partial charge in [0.1, 0.15) is 0 Å². The van der Waals surface area contributed by atoms with Crippen molar-refractivity contribution in [3.05, 3.63) is 11.1 Å². The van der Waals surface area contributed by atoms with Crippen LogP contribution in [0.2, 0.25) is 0 Å². The topological polar surface area (TPSA) is 56.2 Å². The van der Waals surface area contributed by atoms with E-state index in [1.165, 1.54) is 24.8 Å². The summed E-state index contributed by atoms with van der Waals surface area (Å²) in [5.41, 5.74) is 2.27. The summed E-state index contributed by atoms with van der Waals surface area (Å²) in [6, 6.07) is 0.559. The Kier molecular flexibility index (Phi) is 2.12. The van der Waals surface area contributed by atoms with Crippen molar-refractivity contribution in [1.82, 2.24) is 4.90 Å². The van der Waals surface area contributed by atoms with Crippen LogP contribution in [0.1, 0.15) is 43.2 Å². The van der Waals surface area contributed by atoms with Crippen LogP contribution in [-0.4, -0.2) is 34.7 Å². The lowest BCUT2D eigenvalue weighted by atomic mass is 9.52. The van der Waals surface area contributed by atoms with Gasteiger partial charge in [-0.3, -0.25) is 0 Å². The molecule has 4 heteroatoms. The van der Waals surface area contributed by atoms with Crippen molar-refractivity contribution in [2.24, 2.45) is 5.92 Å². The van der Waals surface area contributed by atoms with Crippen LogP contribution in [0.15, 0.2) is 0 Å². The van der Waals surface area contributed by atoms with E-state index in [0.29, 0.717) is 17.7 Å². The van der Waals surface area contributed by atoms with Crippen molar-refractivity contribution in [2.45, 2.75) is 50.0 Å². The molecule has 0 aromatic heterocycles. The van der Waals surface area contributed by atoms with Crippen molar-refractivity contribution in [3.8, 4) is 23.0 Å². The molecule has 2 aliphatic heterocycles. The molecule has 3 atom stereocenters. The van der Waals surface area contributed by atoms with Gasteiger partial charge in [-0.1, -0.05) is 12.8 Å². The number of rotatable bonds is 0. The van der Waals surface area contributed by atoms with E-state index >= 15 is 0 Å². The van der Waals surface area contributed by atoms with E-state index in [1.54, 1.807) is 0 Å². The summed E-state index contributed by atoms with van der Waals surface area (Å²) in [6.07, 6.45) is 6.94. The predicted molar refractivity (Wildman–Crippen MR) is 78.2 cm³/mol. The number of benzene rings is 1. The monoisotopic (exact) mass is 287 g/mol. The SMILES string of the molecule is CN1CC[C@]23CCCC[C@H]2[C@H]1Cc1c2c(c(O)c(O)c13)O2. The highest BCUT2D eigenvalue weighted by atomic mass is 16.6. The van der Waals surface area contributed by atoms with Gasteiger partial charge in [-0.25, -0.2) is 0 Å². The molecular formula is C17H21NO3. The van der Waals surface area contributed by atoms with Gasteiger partial charge in [0.2, 0.25) is 11.5 Å². The Morgan fingerprint density at radius 3 is 2.86 bits per heavy atom. The lowest BCUT2D eigenvalue weighted by Crippen LogP contribution is -2.59. The normalized spacial score (nSPS) is 36.2. The zero-order valence-corrected chi connectivity index (χ0v) is 12.4. The number of hydrogen-bond acceptors (Lipinski definition) is 4. The Morgan fingerprint density at radius 2 is 2.00 bits per heavy atom. The van der Waals surface area contributed by atoms with E-state index in [0.717, 1.165) is 37.1 Å². The number of hydrogen-bond donors (Lipinski definition) is 2. The van der Waals surface area contributed by atoms with E-state index < -0.39 is 0 Å². The van der Waals surface area contributed by atoms with Crippen molar-refractivity contribution < 1.29 is 14.9 Å². The van der Waals surface area contributed by atoms with Crippen LogP contribution < -0.4 is 4.74 Å². The molecule has 2 heterocycles. The fourth-order valence-corrected chi connectivity index (χ4v) is 5.57. The van der Waals surface area contributed by atoms with Crippen LogP contribution in [-0.2, 0) is 11.8 Å². The van der Waals surface area contributed by atoms with Crippen LogP contribution in [0, 0.1) is 5.92 Å². The molecule has 1 aromatic carbocycles. The lowest BCUT2D eigenvalue weighted by Gasteiger charge is -2.58. The zero-order valence-electron chi connectivity index (χ0n) is 12.4. The van der Waals surface area contributed by atoms with Crippen molar-refractivity contribution >= 4 is 0 Å². The van der Waals surface area contributed by atoms with E-state index in [1.807, 2.05) is 0 Å². The maximum absolute atomic E-state index is 10.6. The molecule has 4 aliphatic rings. The summed E-state index contributed by atoms with van der Waals surface area (Å²) in [4.78, 5) is 2.50. The number of piperidine rings is 1. The van der Waals surface area contributed by atoms with Crippen LogP contribution in [0.4, 0.5) is 0 Å². The molecule has 0 unspecified atom stereocenters. The molecule has 1 saturated heterocycles. The molecule has 2 N–H and O–H groups in total. The summed E-state index contributed by atoms with van der Waals surface area (Å²) >= 11 is 0. The van der Waals surface area contributed by atoms with E-state index in [4.69, 9.17) is 4.74 Å². The molecule has 2 bridgehead atoms. The quantitative estimate of drug-likeness (QED) is 0.578. The second kappa shape index (κ2) is 3.67. The first-order chi connectivity index (χ1) is 10.1. The van der Waals surface area contributed by atoms with Gasteiger partial charge >= 0.3 is 0 Å². The van der Waals surface area contributed by atoms with Crippen LogP contribution in [0.25, 0.3) is 0 Å². The Bertz CT molecular complexity index is 656. The number of aromatic hydroxyl groups is 2. The van der Waals surface area contributed by atoms with Crippen molar-refractivity contribution in [3.63, 3.8) is 0 Å². The summed E-state index contributed by atoms with van der Waals surface area (Å²) in [5, 5.41) is 20.8. The second-order valence-corrected chi connectivity index (χ2v) is 7.32. The minimum Gasteiger partial charge on any atom is -0.504 e. The van der Waals surface area contributed by atoms with Crippen LogP contribution >= 0.6 is 0 Å². The smallest absolute Gasteiger partial charge is 0.215 e. The maximum atomic E-state index is 10.6. The minimum atomic E-state index is -0.0279. The molecule has 4 nitrogen and oxygen atoms in total. The molecule has 0 amide bonds. The molecule has 5 rings (SSSR count). The molecule has 2 fully saturated rings. The maximum Gasteiger partial charge on any atom is 0.215 e. The molecule has 112 valence electrons. The number of phenols is 2. The van der Waals surface area contributed by atoms with Crippen LogP contribution in [0.5, 0.6) is 23.0 Å². The van der Waals surface area contributed by atoms with Gasteiger partial charge in [0.15, 0.2) is 11.5 Å². The third kappa shape index (κ3) is 1.30. The molecule has 2 aliphatic carbocycles. The fourth-order valence-electron chi connectivity index (χ4n) is 5.57. The van der Waals surface area contributed by atoms with Crippen molar-refractivity contribution in [1.29, 1.82) is 0 Å². The van der Waals surface area contributed by atoms with Crippen LogP contribution in [0.3, 0.4) is 0 Å². The van der Waals surface area contributed by atoms with Gasteiger partial charge in [-0.15, -0.1) is 0 Å². The van der Waals surface area contributed by atoms with Crippen molar-refractivity contribution in [2.75, 3.05) is 13.6 Å². The summed E-state index contributed by atoms with van der Waals surface area (Å²) in [7, 11) is 2.23. The third-order valence-corrected chi connectivity index (χ3v) is 6.57. The molecule has 0 spiro atoms. The number of nitrogens with zero attached hydrogens (tertiary/aromatic N) is 1. The molecule has 1 saturated carbocycles. The lowest BCUT2D eigenvalue weighted by molar-refractivity contribution is 0.00140. The average molecular weight is 287 g/mol. The number of ether oxygens (including phenoxy) is 1. The average Bonchev–Trinajstić information content (AvgIpc) is 3.28. The first-order valence-electron chi connectivity index (χ1n) is 8.13. The third-order valence-electron chi connectivity index (χ3n) is 6.57. The molecular weight excluding hydrogens is 266 g/mol. The van der Waals surface area contributed by atoms with Gasteiger partial charge in [-0.05, 0) is 45.2 Å². The van der Waals surface area contributed by atoms with Gasteiger partial charge in [-0.2, -0.15) is 0 Å². The fraction of sp³-hybridized carbons (Fsp3) is 0.647. The van der Waals surface area contributed by atoms with E-state index in [-0.39, 0.29) is 16.9 Å². The standard InChI is InChI=1S/C17H21NO3/c1-18-7-6-17-5-3-2-4-10(17)11(18)8-9-12(17)13(19)14(20)16-15(9)21-16/h10-11,19-20H,2-8H2,1H3/t10-,11+,17+/m0/s1. The Balaban J connectivity index is 1.79. The summed E-state index contributed by atoms with van der Waals surface area (Å²) in [6.45, 7) is 1.08. The minimum absolute atomic E-state index is 0.0279. The highest BCUT2D eigenvalue weighted by Crippen LogP contribution is 2.67. The first-order valence-corrected chi connectivity index (χ1v) is 8.13. The number of phenolic OH excluding ortho intramolecular Hbond substituents is 2. The van der Waals surface area contributed by atoms with Gasteiger partial charge < -0.3 is 19.8 Å². The van der Waals surface area contributed by atoms with Gasteiger partial charge in [0, 0.05) is 22.6 Å². The largest absolute Gasteiger partial charge is 0.504 e. The highest BCUT2D eigenvalue weighted by Gasteiger charge is 2.57. The summed E-state index contributed by atoms with van der Waals surface area (Å²) in [5.74, 6) is 2.05. The van der Waals surface area contributed by atoms with E-state index in [2.05, 4.69) is 11.9 Å². The molecule has 21 heavy (non-hydrogen) atoms. The predicted octanol–water partition coefficient (Wildman–Crippen LogP) is 2.89. The highest BCUT2D eigenvalue weighted by molar-refractivity contribution is 5.76. The first kappa shape index (κ1) is 12.2. The number of fused-ring (bicyclic) bond motifs is 3. The number of likely N-dealkylation sites (N-methyl/N-ethyl adjacent to an activating group) is 1. The molecule has 0 radical (unpaired) electrons. The van der Waals surface area contributed by atoms with Gasteiger partial charge in [0.05, 0.1) is 0 Å².